The van der Waals surface area contributed by atoms with Gasteiger partial charge in [-0.2, -0.15) is 0 Å². The topological polar surface area (TPSA) is 26.3 Å². The average molecular weight is 234 g/mol. The maximum atomic E-state index is 10.3. The van der Waals surface area contributed by atoms with Crippen LogP contribution in [0.5, 0.6) is 5.75 Å². The van der Waals surface area contributed by atoms with E-state index in [-0.39, 0.29) is 5.41 Å². The molecule has 0 spiro atoms. The Hall–Kier alpha value is -1.31. The Morgan fingerprint density at radius 1 is 1.29 bits per heavy atom. The molecule has 1 aromatic rings. The van der Waals surface area contributed by atoms with Crippen LogP contribution in [-0.2, 0) is 16.6 Å². The van der Waals surface area contributed by atoms with E-state index in [0.717, 1.165) is 18.5 Å². The molecule has 2 nitrogen and oxygen atoms in total. The van der Waals surface area contributed by atoms with E-state index in [4.69, 9.17) is 4.74 Å². The average Bonchev–Trinajstić information content (AvgIpc) is 2.28. The molecular weight excluding hydrogens is 212 g/mol. The van der Waals surface area contributed by atoms with E-state index in [2.05, 4.69) is 39.8 Å². The fourth-order valence-electron chi connectivity index (χ4n) is 1.73. The van der Waals surface area contributed by atoms with Gasteiger partial charge in [-0.05, 0) is 29.0 Å². The molecular formula is C15H22O2. The molecule has 0 fully saturated rings. The SMILES string of the molecule is CCc1ccc(OCCC=O)c(C(C)(C)C)c1. The van der Waals surface area contributed by atoms with Crippen molar-refractivity contribution in [3.8, 4) is 5.75 Å². The van der Waals surface area contributed by atoms with Crippen molar-refractivity contribution in [1.29, 1.82) is 0 Å². The number of aldehydes is 1. The third-order valence-corrected chi connectivity index (χ3v) is 2.75. The lowest BCUT2D eigenvalue weighted by Crippen LogP contribution is -2.14. The monoisotopic (exact) mass is 234 g/mol. The molecule has 0 aromatic heterocycles. The smallest absolute Gasteiger partial charge is 0.123 e. The van der Waals surface area contributed by atoms with Crippen LogP contribution in [0.4, 0.5) is 0 Å². The number of hydrogen-bond donors (Lipinski definition) is 0. The van der Waals surface area contributed by atoms with Gasteiger partial charge in [-0.3, -0.25) is 0 Å². The molecule has 0 saturated carbocycles. The highest BCUT2D eigenvalue weighted by molar-refractivity contribution is 5.49. The van der Waals surface area contributed by atoms with Crippen LogP contribution in [-0.4, -0.2) is 12.9 Å². The predicted molar refractivity (Wildman–Crippen MR) is 70.7 cm³/mol. The van der Waals surface area contributed by atoms with E-state index in [1.807, 2.05) is 6.07 Å². The quantitative estimate of drug-likeness (QED) is 0.575. The number of hydrogen-bond acceptors (Lipinski definition) is 2. The predicted octanol–water partition coefficient (Wildman–Crippen LogP) is 3.51. The summed E-state index contributed by atoms with van der Waals surface area (Å²) in [5.74, 6) is 0.900. The normalized spacial score (nSPS) is 11.3. The summed E-state index contributed by atoms with van der Waals surface area (Å²) in [7, 11) is 0. The minimum absolute atomic E-state index is 0.0572. The first kappa shape index (κ1) is 13.8. The minimum atomic E-state index is 0.0572. The number of carbonyl (C=O) groups excluding carboxylic acids is 1. The molecule has 0 aliphatic rings. The maximum Gasteiger partial charge on any atom is 0.123 e. The lowest BCUT2D eigenvalue weighted by molar-refractivity contribution is -0.108. The van der Waals surface area contributed by atoms with Crippen molar-refractivity contribution >= 4 is 6.29 Å². The molecule has 1 aromatic carbocycles. The van der Waals surface area contributed by atoms with E-state index in [1.54, 1.807) is 0 Å². The van der Waals surface area contributed by atoms with Gasteiger partial charge in [0, 0.05) is 6.42 Å². The van der Waals surface area contributed by atoms with Gasteiger partial charge in [0.1, 0.15) is 12.0 Å². The molecule has 0 atom stereocenters. The lowest BCUT2D eigenvalue weighted by Gasteiger charge is -2.23. The molecule has 0 radical (unpaired) electrons. The summed E-state index contributed by atoms with van der Waals surface area (Å²) in [5.41, 5.74) is 2.59. The van der Waals surface area contributed by atoms with Gasteiger partial charge < -0.3 is 9.53 Å². The number of carbonyl (C=O) groups is 1. The lowest BCUT2D eigenvalue weighted by atomic mass is 9.85. The van der Waals surface area contributed by atoms with E-state index in [1.165, 1.54) is 11.1 Å². The molecule has 1 rings (SSSR count). The fourth-order valence-corrected chi connectivity index (χ4v) is 1.73. The highest BCUT2D eigenvalue weighted by Gasteiger charge is 2.19. The van der Waals surface area contributed by atoms with Gasteiger partial charge >= 0.3 is 0 Å². The van der Waals surface area contributed by atoms with Crippen molar-refractivity contribution in [2.45, 2.75) is 46.0 Å². The van der Waals surface area contributed by atoms with Gasteiger partial charge in [0.15, 0.2) is 0 Å². The first-order valence-electron chi connectivity index (χ1n) is 6.19. The van der Waals surface area contributed by atoms with Gasteiger partial charge in [-0.15, -0.1) is 0 Å². The first-order valence-corrected chi connectivity index (χ1v) is 6.19. The van der Waals surface area contributed by atoms with E-state index in [0.29, 0.717) is 13.0 Å². The zero-order chi connectivity index (χ0) is 12.9. The van der Waals surface area contributed by atoms with Crippen LogP contribution in [0.15, 0.2) is 18.2 Å². The molecule has 0 aliphatic carbocycles. The largest absolute Gasteiger partial charge is 0.493 e. The number of ether oxygens (including phenoxy) is 1. The van der Waals surface area contributed by atoms with Gasteiger partial charge in [0.2, 0.25) is 0 Å². The van der Waals surface area contributed by atoms with Crippen LogP contribution in [0.3, 0.4) is 0 Å². The third kappa shape index (κ3) is 3.88. The van der Waals surface area contributed by atoms with Crippen LogP contribution in [0.1, 0.15) is 45.2 Å². The van der Waals surface area contributed by atoms with Crippen LogP contribution in [0, 0.1) is 0 Å². The van der Waals surface area contributed by atoms with Gasteiger partial charge in [0.05, 0.1) is 6.61 Å². The molecule has 0 bridgehead atoms. The molecule has 2 heteroatoms. The van der Waals surface area contributed by atoms with Crippen LogP contribution >= 0.6 is 0 Å². The number of rotatable bonds is 5. The molecule has 94 valence electrons. The third-order valence-electron chi connectivity index (χ3n) is 2.75. The van der Waals surface area contributed by atoms with Gasteiger partial charge in [0.25, 0.3) is 0 Å². The summed E-state index contributed by atoms with van der Waals surface area (Å²) in [6.07, 6.45) is 2.36. The van der Waals surface area contributed by atoms with Crippen LogP contribution < -0.4 is 4.74 Å². The Kier molecular flexibility index (Phi) is 4.73. The Labute approximate surface area is 104 Å². The number of aryl methyl sites for hydroxylation is 1. The van der Waals surface area contributed by atoms with Crippen molar-refractivity contribution in [2.75, 3.05) is 6.61 Å². The highest BCUT2D eigenvalue weighted by Crippen LogP contribution is 2.32. The zero-order valence-corrected chi connectivity index (χ0v) is 11.2. The van der Waals surface area contributed by atoms with Crippen molar-refractivity contribution in [3.63, 3.8) is 0 Å². The molecule has 0 saturated heterocycles. The summed E-state index contributed by atoms with van der Waals surface area (Å²) >= 11 is 0. The fraction of sp³-hybridized carbons (Fsp3) is 0.533. The Bertz CT molecular complexity index is 375. The molecule has 0 amide bonds. The van der Waals surface area contributed by atoms with E-state index in [9.17, 15) is 4.79 Å². The summed E-state index contributed by atoms with van der Waals surface area (Å²) in [6.45, 7) is 9.13. The summed E-state index contributed by atoms with van der Waals surface area (Å²) < 4.78 is 5.67. The summed E-state index contributed by atoms with van der Waals surface area (Å²) in [6, 6.07) is 6.31. The Balaban J connectivity index is 2.98. The second kappa shape index (κ2) is 5.85. The van der Waals surface area contributed by atoms with Crippen molar-refractivity contribution in [3.05, 3.63) is 29.3 Å². The summed E-state index contributed by atoms with van der Waals surface area (Å²) in [4.78, 5) is 10.3. The molecule has 17 heavy (non-hydrogen) atoms. The van der Waals surface area contributed by atoms with E-state index < -0.39 is 0 Å². The zero-order valence-electron chi connectivity index (χ0n) is 11.2. The van der Waals surface area contributed by atoms with Crippen molar-refractivity contribution in [2.24, 2.45) is 0 Å². The first-order chi connectivity index (χ1) is 7.99. The maximum absolute atomic E-state index is 10.3. The van der Waals surface area contributed by atoms with Crippen LogP contribution in [0.2, 0.25) is 0 Å². The van der Waals surface area contributed by atoms with Crippen molar-refractivity contribution in [1.82, 2.24) is 0 Å². The van der Waals surface area contributed by atoms with Crippen LogP contribution in [0.25, 0.3) is 0 Å². The summed E-state index contributed by atoms with van der Waals surface area (Å²) in [5, 5.41) is 0. The molecule has 0 aliphatic heterocycles. The Morgan fingerprint density at radius 2 is 2.00 bits per heavy atom. The van der Waals surface area contributed by atoms with Gasteiger partial charge in [-0.25, -0.2) is 0 Å². The highest BCUT2D eigenvalue weighted by atomic mass is 16.5. The van der Waals surface area contributed by atoms with Gasteiger partial charge in [-0.1, -0.05) is 39.8 Å². The molecule has 0 N–H and O–H groups in total. The number of benzene rings is 1. The van der Waals surface area contributed by atoms with Crippen molar-refractivity contribution < 1.29 is 9.53 Å². The second-order valence-corrected chi connectivity index (χ2v) is 5.24. The molecule has 0 unspecified atom stereocenters. The second-order valence-electron chi connectivity index (χ2n) is 5.24. The Morgan fingerprint density at radius 3 is 2.53 bits per heavy atom. The van der Waals surface area contributed by atoms with E-state index >= 15 is 0 Å². The minimum Gasteiger partial charge on any atom is -0.493 e. The molecule has 0 heterocycles. The standard InChI is InChI=1S/C15H22O2/c1-5-12-7-8-14(17-10-6-9-16)13(11-12)15(2,3)4/h7-9,11H,5-6,10H2,1-4H3.